The van der Waals surface area contributed by atoms with Crippen molar-refractivity contribution in [2.24, 2.45) is 5.73 Å². The molecule has 1 aliphatic carbocycles. The summed E-state index contributed by atoms with van der Waals surface area (Å²) in [6.07, 6.45) is 4.21. The first-order chi connectivity index (χ1) is 13.7. The number of aromatic nitrogens is 2. The van der Waals surface area contributed by atoms with E-state index in [9.17, 15) is 0 Å². The van der Waals surface area contributed by atoms with Crippen LogP contribution >= 0.6 is 0 Å². The fourth-order valence-electron chi connectivity index (χ4n) is 4.39. The van der Waals surface area contributed by atoms with E-state index in [0.29, 0.717) is 24.5 Å². The van der Waals surface area contributed by atoms with E-state index in [1.54, 1.807) is 14.2 Å². The number of hydrogen-bond acceptors (Lipinski definition) is 6. The fraction of sp³-hybridized carbons (Fsp3) is 0.545. The highest BCUT2D eigenvalue weighted by molar-refractivity contribution is 5.43. The molecule has 6 heteroatoms. The van der Waals surface area contributed by atoms with Crippen molar-refractivity contribution in [1.82, 2.24) is 9.97 Å². The van der Waals surface area contributed by atoms with Crippen LogP contribution in [-0.4, -0.2) is 43.3 Å². The van der Waals surface area contributed by atoms with Crippen molar-refractivity contribution in [1.29, 1.82) is 0 Å². The molecule has 0 bridgehead atoms. The molecule has 150 valence electrons. The second-order valence-corrected chi connectivity index (χ2v) is 7.93. The van der Waals surface area contributed by atoms with Gasteiger partial charge >= 0.3 is 0 Å². The second-order valence-electron chi connectivity index (χ2n) is 7.93. The van der Waals surface area contributed by atoms with E-state index in [-0.39, 0.29) is 0 Å². The Morgan fingerprint density at radius 3 is 2.50 bits per heavy atom. The quantitative estimate of drug-likeness (QED) is 0.827. The molecular weight excluding hydrogens is 352 g/mol. The Kier molecular flexibility index (Phi) is 5.78. The van der Waals surface area contributed by atoms with Crippen molar-refractivity contribution in [3.05, 3.63) is 47.4 Å². The smallest absolute Gasteiger partial charge is 0.156 e. The van der Waals surface area contributed by atoms with Crippen molar-refractivity contribution in [2.75, 3.05) is 32.2 Å². The summed E-state index contributed by atoms with van der Waals surface area (Å²) in [5.74, 6) is 3.77. The van der Waals surface area contributed by atoms with Gasteiger partial charge in [-0.15, -0.1) is 0 Å². The van der Waals surface area contributed by atoms with Gasteiger partial charge in [-0.2, -0.15) is 0 Å². The van der Waals surface area contributed by atoms with E-state index in [4.69, 9.17) is 25.2 Å². The Hall–Kier alpha value is -2.18. The number of hydrogen-bond donors (Lipinski definition) is 1. The van der Waals surface area contributed by atoms with Gasteiger partial charge in [0.2, 0.25) is 0 Å². The topological polar surface area (TPSA) is 73.5 Å². The first kappa shape index (κ1) is 19.2. The minimum Gasteiger partial charge on any atom is -0.496 e. The van der Waals surface area contributed by atoms with Crippen LogP contribution in [0.3, 0.4) is 0 Å². The first-order valence-electron chi connectivity index (χ1n) is 10.2. The van der Waals surface area contributed by atoms with Crippen molar-refractivity contribution in [3.63, 3.8) is 0 Å². The van der Waals surface area contributed by atoms with Gasteiger partial charge in [0.1, 0.15) is 18.2 Å². The maximum atomic E-state index is 5.99. The lowest BCUT2D eigenvalue weighted by atomic mass is 9.78. The average Bonchev–Trinajstić information content (AvgIpc) is 2.71. The number of rotatable bonds is 6. The van der Waals surface area contributed by atoms with Crippen LogP contribution in [0.4, 0.5) is 5.82 Å². The van der Waals surface area contributed by atoms with Crippen LogP contribution in [0.2, 0.25) is 0 Å². The monoisotopic (exact) mass is 382 g/mol. The summed E-state index contributed by atoms with van der Waals surface area (Å²) in [6.45, 7) is 2.41. The van der Waals surface area contributed by atoms with Gasteiger partial charge in [0.25, 0.3) is 0 Å². The van der Waals surface area contributed by atoms with Gasteiger partial charge in [-0.25, -0.2) is 9.97 Å². The minimum absolute atomic E-state index is 0.311. The summed E-state index contributed by atoms with van der Waals surface area (Å²) in [6, 6.07) is 10.9. The Morgan fingerprint density at radius 1 is 1.07 bits per heavy atom. The van der Waals surface area contributed by atoms with Crippen LogP contribution in [-0.2, 0) is 11.3 Å². The van der Waals surface area contributed by atoms with Gasteiger partial charge in [-0.3, -0.25) is 0 Å². The summed E-state index contributed by atoms with van der Waals surface area (Å²) in [5.41, 5.74) is 8.42. The Bertz CT molecular complexity index is 799. The predicted molar refractivity (Wildman–Crippen MR) is 110 cm³/mol. The normalized spacial score (nSPS) is 22.8. The van der Waals surface area contributed by atoms with Crippen LogP contribution < -0.4 is 15.4 Å². The van der Waals surface area contributed by atoms with Gasteiger partial charge < -0.3 is 20.1 Å². The molecular formula is C22H30N4O2. The lowest BCUT2D eigenvalue weighted by Gasteiger charge is -2.35. The number of para-hydroxylation sites is 1. The van der Waals surface area contributed by atoms with Crippen LogP contribution in [0.1, 0.15) is 54.6 Å². The molecule has 28 heavy (non-hydrogen) atoms. The third kappa shape index (κ3) is 3.98. The molecule has 2 aromatic rings. The van der Waals surface area contributed by atoms with E-state index in [1.807, 2.05) is 6.07 Å². The van der Waals surface area contributed by atoms with Gasteiger partial charge in [0.05, 0.1) is 7.11 Å². The molecule has 4 rings (SSSR count). The summed E-state index contributed by atoms with van der Waals surface area (Å²) in [4.78, 5) is 11.9. The minimum atomic E-state index is 0.311. The molecule has 1 saturated heterocycles. The molecule has 2 fully saturated rings. The zero-order valence-electron chi connectivity index (χ0n) is 16.8. The highest BCUT2D eigenvalue weighted by Crippen LogP contribution is 2.38. The van der Waals surface area contributed by atoms with Gasteiger partial charge in [0.15, 0.2) is 5.82 Å². The largest absolute Gasteiger partial charge is 0.496 e. The summed E-state index contributed by atoms with van der Waals surface area (Å²) < 4.78 is 10.9. The average molecular weight is 383 g/mol. The number of ether oxygens (including phenoxy) is 2. The Morgan fingerprint density at radius 2 is 1.82 bits per heavy atom. The molecule has 2 N–H and O–H groups in total. The van der Waals surface area contributed by atoms with Crippen molar-refractivity contribution in [3.8, 4) is 5.75 Å². The lowest BCUT2D eigenvalue weighted by Crippen LogP contribution is -2.36. The number of nitrogens with two attached hydrogens (primary N) is 1. The summed E-state index contributed by atoms with van der Waals surface area (Å²) >= 11 is 0. The number of piperidine rings is 1. The zero-order valence-corrected chi connectivity index (χ0v) is 16.8. The molecule has 1 saturated carbocycles. The van der Waals surface area contributed by atoms with E-state index < -0.39 is 0 Å². The highest BCUT2D eigenvalue weighted by atomic mass is 16.5. The molecule has 1 aliphatic heterocycles. The highest BCUT2D eigenvalue weighted by Gasteiger charge is 2.30. The maximum Gasteiger partial charge on any atom is 0.156 e. The SMILES string of the molecule is COCc1nc(C2CC(N)C2)cc(N2CCC(c3ccccc3OC)CC2)n1. The first-order valence-corrected chi connectivity index (χ1v) is 10.2. The Labute approximate surface area is 167 Å². The maximum absolute atomic E-state index is 5.99. The molecule has 0 spiro atoms. The van der Waals surface area contributed by atoms with E-state index in [1.165, 1.54) is 5.56 Å². The molecule has 1 aromatic heterocycles. The summed E-state index contributed by atoms with van der Waals surface area (Å²) in [5, 5.41) is 0. The van der Waals surface area contributed by atoms with Crippen LogP contribution in [0.25, 0.3) is 0 Å². The molecule has 2 aliphatic rings. The molecule has 2 heterocycles. The summed E-state index contributed by atoms with van der Waals surface area (Å²) in [7, 11) is 3.44. The third-order valence-electron chi connectivity index (χ3n) is 6.04. The number of anilines is 1. The van der Waals surface area contributed by atoms with Gasteiger partial charge in [0, 0.05) is 43.9 Å². The third-order valence-corrected chi connectivity index (χ3v) is 6.04. The van der Waals surface area contributed by atoms with E-state index >= 15 is 0 Å². The van der Waals surface area contributed by atoms with E-state index in [2.05, 4.69) is 29.2 Å². The molecule has 0 radical (unpaired) electrons. The van der Waals surface area contributed by atoms with E-state index in [0.717, 1.165) is 61.9 Å². The van der Waals surface area contributed by atoms with Crippen LogP contribution in [0, 0.1) is 0 Å². The molecule has 0 unspecified atom stereocenters. The van der Waals surface area contributed by atoms with Gasteiger partial charge in [-0.05, 0) is 43.2 Å². The molecule has 6 nitrogen and oxygen atoms in total. The van der Waals surface area contributed by atoms with Crippen LogP contribution in [0.15, 0.2) is 30.3 Å². The van der Waals surface area contributed by atoms with Gasteiger partial charge in [-0.1, -0.05) is 18.2 Å². The number of benzene rings is 1. The van der Waals surface area contributed by atoms with Crippen LogP contribution in [0.5, 0.6) is 5.75 Å². The molecule has 0 atom stereocenters. The molecule has 1 aromatic carbocycles. The number of methoxy groups -OCH3 is 2. The fourth-order valence-corrected chi connectivity index (χ4v) is 4.39. The standard InChI is InChI=1S/C22H30N4O2/c1-27-14-21-24-19(16-11-17(23)12-16)13-22(25-21)26-9-7-15(8-10-26)18-5-3-4-6-20(18)28-2/h3-6,13,15-17H,7-12,14,23H2,1-2H3. The lowest BCUT2D eigenvalue weighted by molar-refractivity contribution is 0.177. The molecule has 0 amide bonds. The zero-order chi connectivity index (χ0) is 19.5. The second kappa shape index (κ2) is 8.45. The Balaban J connectivity index is 1.49. The van der Waals surface area contributed by atoms with Crippen molar-refractivity contribution in [2.45, 2.75) is 50.2 Å². The number of nitrogens with zero attached hydrogens (tertiary/aromatic N) is 3. The predicted octanol–water partition coefficient (Wildman–Crippen LogP) is 3.22. The van der Waals surface area contributed by atoms with Crippen molar-refractivity contribution >= 4 is 5.82 Å². The van der Waals surface area contributed by atoms with Crippen molar-refractivity contribution < 1.29 is 9.47 Å².